The van der Waals surface area contributed by atoms with Gasteiger partial charge in [0.2, 0.25) is 23.8 Å². The molecule has 0 unspecified atom stereocenters. The number of nitrogens with zero attached hydrogens (tertiary/aromatic N) is 13. The van der Waals surface area contributed by atoms with Gasteiger partial charge in [0.05, 0.1) is 69.1 Å². The lowest BCUT2D eigenvalue weighted by atomic mass is 9.83. The number of amides is 1. The Morgan fingerprint density at radius 1 is 0.448 bits per heavy atom. The molecule has 0 aliphatic heterocycles. The Labute approximate surface area is 678 Å². The quantitative estimate of drug-likeness (QED) is 0.0204. The molecule has 3 aliphatic rings. The molecule has 13 aromatic rings. The first-order chi connectivity index (χ1) is 56.4. The highest BCUT2D eigenvalue weighted by atomic mass is 16.4. The van der Waals surface area contributed by atoms with Gasteiger partial charge in [-0.05, 0) is 202 Å². The fourth-order valence-electron chi connectivity index (χ4n) is 15.3. The highest BCUT2D eigenvalue weighted by Gasteiger charge is 2.29. The zero-order valence-electron chi connectivity index (χ0n) is 68.1. The number of rotatable bonds is 28. The van der Waals surface area contributed by atoms with E-state index in [-0.39, 0.29) is 36.1 Å². The van der Waals surface area contributed by atoms with Crippen LogP contribution in [0.1, 0.15) is 187 Å². The standard InChI is InChI=1S/C31H43N7O.C27H33N7O2.C25H31N7O.C4H5BO3/c1-5-16-37(17-6-2)27-13-11-26(12-14-27)34-31-35-29(28-30(36-31)38(21-33-28)22(3)4)32-19-23-7-9-24(10-8-23)25-15-18-39-20-25;1-17(2)34-16-29-24-25(28-14-19-4-6-20(7-5-19)21-12-13-36-15-21)32-27(33-26(24)34)31-23-10-8-22(9-11-23)30-18(3)35;1-16(2)32-15-28-22-23(27-13-17-3-5-18(6-4-17)19-11-12-33-14-19)30-25(31-24(22)32)29-21-9-7-20(26)8-10-21;6-5(7)4-1-2-8-3-4/h7-10,15,18,20-22,26-27H,5-6,11-14,16-17,19H2,1-4H3,(H2,32,34,35,36);4-7,12-13,15-17,22-23H,8-11,14H2,1-3H3,(H,30,35)(H2,28,31,32,33);3-6,11-12,14-16,20-21H,7-10,13,26H2,1-2H3,(H2,27,29,30,31);1-3,6-7H. The van der Waals surface area contributed by atoms with Crippen molar-refractivity contribution in [3.8, 4) is 33.4 Å². The molecule has 10 heterocycles. The van der Waals surface area contributed by atoms with Crippen molar-refractivity contribution in [2.24, 2.45) is 5.73 Å². The van der Waals surface area contributed by atoms with Gasteiger partial charge in [0, 0.05) is 103 Å². The van der Waals surface area contributed by atoms with Crippen molar-refractivity contribution >= 4 is 87.3 Å². The van der Waals surface area contributed by atoms with E-state index in [0.29, 0.717) is 72.9 Å². The summed E-state index contributed by atoms with van der Waals surface area (Å²) in [7, 11) is -1.41. The summed E-state index contributed by atoms with van der Waals surface area (Å²) in [5, 5.41) is 41.1. The van der Waals surface area contributed by atoms with E-state index in [2.05, 4.69) is 203 Å². The van der Waals surface area contributed by atoms with Gasteiger partial charge in [0.25, 0.3) is 0 Å². The lowest BCUT2D eigenvalue weighted by molar-refractivity contribution is -0.119. The van der Waals surface area contributed by atoms with Crippen molar-refractivity contribution in [3.63, 3.8) is 0 Å². The van der Waals surface area contributed by atoms with Gasteiger partial charge in [0.15, 0.2) is 50.9 Å². The van der Waals surface area contributed by atoms with E-state index >= 15 is 0 Å². The van der Waals surface area contributed by atoms with Crippen molar-refractivity contribution in [2.45, 2.75) is 226 Å². The number of carbonyl (C=O) groups excluding carboxylic acids is 1. The molecule has 16 rings (SSSR count). The fourth-order valence-corrected chi connectivity index (χ4v) is 15.3. The second-order valence-electron chi connectivity index (χ2n) is 31.4. The van der Waals surface area contributed by atoms with Crippen LogP contribution in [0.2, 0.25) is 0 Å². The Balaban J connectivity index is 0.000000144. The van der Waals surface area contributed by atoms with E-state index in [1.54, 1.807) is 44.5 Å². The van der Waals surface area contributed by atoms with Gasteiger partial charge in [-0.15, -0.1) is 0 Å². The second kappa shape index (κ2) is 39.8. The molecule has 0 radical (unpaired) electrons. The Morgan fingerprint density at radius 3 is 1.07 bits per heavy atom. The second-order valence-corrected chi connectivity index (χ2v) is 31.4. The minimum absolute atomic E-state index is 0.0361. The molecule has 11 N–H and O–H groups in total. The number of furan rings is 4. The summed E-state index contributed by atoms with van der Waals surface area (Å²) in [6, 6.07) is 35.8. The van der Waals surface area contributed by atoms with Crippen LogP contribution in [-0.4, -0.2) is 136 Å². The first-order valence-electron chi connectivity index (χ1n) is 41.1. The van der Waals surface area contributed by atoms with Gasteiger partial charge < -0.3 is 89.3 Å². The molecule has 0 saturated heterocycles. The van der Waals surface area contributed by atoms with E-state index in [4.69, 9.17) is 58.9 Å². The maximum Gasteiger partial charge on any atom is 0.491 e. The van der Waals surface area contributed by atoms with Gasteiger partial charge in [-0.3, -0.25) is 4.79 Å². The van der Waals surface area contributed by atoms with E-state index in [0.717, 1.165) is 154 Å². The molecule has 3 aliphatic carbocycles. The number of hydrogen-bond donors (Lipinski definition) is 10. The largest absolute Gasteiger partial charge is 0.491 e. The first-order valence-corrected chi connectivity index (χ1v) is 41.1. The smallest absolute Gasteiger partial charge is 0.473 e. The molecule has 610 valence electrons. The van der Waals surface area contributed by atoms with Crippen molar-refractivity contribution in [3.05, 3.63) is 183 Å². The summed E-state index contributed by atoms with van der Waals surface area (Å²) >= 11 is 0. The minimum atomic E-state index is -1.41. The van der Waals surface area contributed by atoms with Crippen LogP contribution in [-0.2, 0) is 24.4 Å². The molecule has 3 saturated carbocycles. The summed E-state index contributed by atoms with van der Waals surface area (Å²) in [6.45, 7) is 23.3. The predicted octanol–water partition coefficient (Wildman–Crippen LogP) is 16.2. The van der Waals surface area contributed by atoms with Crippen LogP contribution in [0, 0.1) is 0 Å². The average molecular weight is 1570 g/mol. The molecule has 1 amide bonds. The Kier molecular flexibility index (Phi) is 28.3. The molecule has 10 aromatic heterocycles. The van der Waals surface area contributed by atoms with Crippen molar-refractivity contribution < 1.29 is 32.5 Å². The third kappa shape index (κ3) is 21.8. The molecule has 3 fully saturated rings. The van der Waals surface area contributed by atoms with E-state index < -0.39 is 7.12 Å². The lowest BCUT2D eigenvalue weighted by Crippen LogP contribution is -2.41. The number of hydrogen-bond acceptors (Lipinski definition) is 24. The van der Waals surface area contributed by atoms with Gasteiger partial charge >= 0.3 is 7.12 Å². The summed E-state index contributed by atoms with van der Waals surface area (Å²) in [6.07, 6.45) is 33.7. The highest BCUT2D eigenvalue weighted by molar-refractivity contribution is 6.58. The monoisotopic (exact) mass is 1570 g/mol. The number of fused-ring (bicyclic) bond motifs is 3. The number of anilines is 6. The SMILES string of the molecule is CC(=O)NC1CCC(Nc2nc(NCc3ccc(-c4ccoc4)cc3)c3ncn(C(C)C)c3n2)CC1.CC(C)n1cnc2c(NCc3ccc(-c4ccoc4)cc3)nc(NC3CCC(N)CC3)nc21.CCCN(CCC)C1CCC(Nc2nc(NCc3ccc(-c4ccoc4)cc3)c3ncn(C(C)C)c3n2)CC1.OB(O)c1ccoc1. The molecule has 0 spiro atoms. The van der Waals surface area contributed by atoms with E-state index in [1.165, 1.54) is 62.9 Å². The predicted molar refractivity (Wildman–Crippen MR) is 459 cm³/mol. The summed E-state index contributed by atoms with van der Waals surface area (Å²) in [4.78, 5) is 57.1. The number of benzene rings is 3. The van der Waals surface area contributed by atoms with Gasteiger partial charge in [-0.2, -0.15) is 29.9 Å². The van der Waals surface area contributed by atoms with Gasteiger partial charge in [-0.25, -0.2) is 15.0 Å². The van der Waals surface area contributed by atoms with Crippen LogP contribution in [0.5, 0.6) is 0 Å². The van der Waals surface area contributed by atoms with Gasteiger partial charge in [-0.1, -0.05) is 86.6 Å². The average Bonchev–Trinajstić information content (AvgIpc) is 1.63. The third-order valence-corrected chi connectivity index (χ3v) is 21.7. The Morgan fingerprint density at radius 2 is 0.776 bits per heavy atom. The molecule has 0 bridgehead atoms. The summed E-state index contributed by atoms with van der Waals surface area (Å²) in [5.74, 6) is 4.19. The Hall–Kier alpha value is -11.4. The van der Waals surface area contributed by atoms with Gasteiger partial charge in [0.1, 0.15) is 0 Å². The molecular weight excluding hydrogens is 1460 g/mol. The van der Waals surface area contributed by atoms with Crippen LogP contribution in [0.25, 0.3) is 66.9 Å². The zero-order chi connectivity index (χ0) is 81.0. The summed E-state index contributed by atoms with van der Waals surface area (Å²) in [5.41, 5.74) is 21.4. The molecular formula is C87H112BN21O7. The van der Waals surface area contributed by atoms with Crippen molar-refractivity contribution in [2.75, 3.05) is 45.0 Å². The number of aromatic nitrogens is 12. The number of imidazole rings is 3. The number of nitrogens with two attached hydrogens (primary N) is 1. The highest BCUT2D eigenvalue weighted by Crippen LogP contribution is 2.33. The first kappa shape index (κ1) is 82.6. The fraction of sp³-hybridized carbons (Fsp3) is 0.425. The topological polar surface area (TPSA) is 354 Å². The lowest BCUT2D eigenvalue weighted by Gasteiger charge is -2.37. The van der Waals surface area contributed by atoms with E-state index in [1.807, 2.05) is 37.2 Å². The van der Waals surface area contributed by atoms with Crippen LogP contribution < -0.4 is 48.4 Å². The van der Waals surface area contributed by atoms with Crippen LogP contribution in [0.4, 0.5) is 35.3 Å². The summed E-state index contributed by atoms with van der Waals surface area (Å²) < 4.78 is 26.4. The molecule has 29 heteroatoms. The van der Waals surface area contributed by atoms with E-state index in [9.17, 15) is 4.79 Å². The zero-order valence-corrected chi connectivity index (χ0v) is 68.1. The molecule has 116 heavy (non-hydrogen) atoms. The van der Waals surface area contributed by atoms with Crippen LogP contribution >= 0.6 is 0 Å². The molecule has 0 atom stereocenters. The minimum Gasteiger partial charge on any atom is -0.473 e. The van der Waals surface area contributed by atoms with Crippen LogP contribution in [0.15, 0.2) is 184 Å². The number of nitrogens with one attached hydrogen (secondary N) is 7. The van der Waals surface area contributed by atoms with Crippen molar-refractivity contribution in [1.82, 2.24) is 68.8 Å². The van der Waals surface area contributed by atoms with Crippen molar-refractivity contribution in [1.29, 1.82) is 0 Å². The molecule has 3 aromatic carbocycles. The normalized spacial score (nSPS) is 17.5. The van der Waals surface area contributed by atoms with Crippen LogP contribution in [0.3, 0.4) is 0 Å². The third-order valence-electron chi connectivity index (χ3n) is 21.7. The maximum atomic E-state index is 11.4. The molecule has 28 nitrogen and oxygen atoms in total. The Bertz CT molecular complexity index is 5120. The maximum absolute atomic E-state index is 11.4. The number of carbonyl (C=O) groups is 1.